The molecule has 2 aromatic rings. The molecule has 204 valence electrons. The van der Waals surface area contributed by atoms with Crippen molar-refractivity contribution >= 4 is 34.4 Å². The highest BCUT2D eigenvalue weighted by molar-refractivity contribution is 6.30. The molecule has 1 amide bonds. The van der Waals surface area contributed by atoms with Crippen molar-refractivity contribution in [3.05, 3.63) is 17.2 Å². The van der Waals surface area contributed by atoms with E-state index in [2.05, 4.69) is 20.9 Å². The first-order valence-electron chi connectivity index (χ1n) is 13.1. The maximum absolute atomic E-state index is 15.1. The highest BCUT2D eigenvalue weighted by Gasteiger charge is 2.45. The molecular weight excluding hydrogens is 513 g/mol. The molecule has 0 saturated carbocycles. The van der Waals surface area contributed by atoms with Crippen molar-refractivity contribution in [1.82, 2.24) is 24.8 Å². The van der Waals surface area contributed by atoms with E-state index in [0.717, 1.165) is 38.8 Å². The number of carbonyl (C=O) groups is 1. The number of piperazine rings is 1. The van der Waals surface area contributed by atoms with Crippen LogP contribution in [0.1, 0.15) is 52.9 Å². The van der Waals surface area contributed by atoms with Gasteiger partial charge in [-0.1, -0.05) is 11.6 Å². The minimum atomic E-state index is -0.736. The largest absolute Gasteiger partial charge is 0.461 e. The molecule has 0 spiro atoms. The van der Waals surface area contributed by atoms with Gasteiger partial charge in [0, 0.05) is 25.8 Å². The van der Waals surface area contributed by atoms with Gasteiger partial charge in [-0.05, 0) is 59.5 Å². The van der Waals surface area contributed by atoms with Crippen molar-refractivity contribution in [1.29, 1.82) is 5.26 Å². The summed E-state index contributed by atoms with van der Waals surface area (Å²) in [5, 5.41) is 9.58. The number of rotatable bonds is 5. The van der Waals surface area contributed by atoms with Crippen LogP contribution in [0.2, 0.25) is 5.15 Å². The van der Waals surface area contributed by atoms with E-state index in [1.54, 1.807) is 25.7 Å². The summed E-state index contributed by atoms with van der Waals surface area (Å²) in [4.78, 5) is 31.9. The molecule has 2 aromatic heterocycles. The molecule has 0 aliphatic carbocycles. The van der Waals surface area contributed by atoms with Crippen LogP contribution in [0, 0.1) is 17.1 Å². The van der Waals surface area contributed by atoms with Crippen LogP contribution < -0.4 is 9.64 Å². The maximum atomic E-state index is 15.1. The van der Waals surface area contributed by atoms with E-state index in [9.17, 15) is 10.1 Å². The third-order valence-corrected chi connectivity index (χ3v) is 7.88. The lowest BCUT2D eigenvalue weighted by Gasteiger charge is -2.41. The van der Waals surface area contributed by atoms with Gasteiger partial charge in [0.2, 0.25) is 0 Å². The molecular formula is C26H33ClFN7O3. The van der Waals surface area contributed by atoms with Gasteiger partial charge in [-0.25, -0.2) is 14.2 Å². The molecule has 1 atom stereocenters. The first-order valence-corrected chi connectivity index (χ1v) is 13.5. The van der Waals surface area contributed by atoms with Crippen LogP contribution in [0.25, 0.3) is 10.9 Å². The number of ether oxygens (including phenoxy) is 2. The van der Waals surface area contributed by atoms with E-state index in [-0.39, 0.29) is 28.6 Å². The predicted octanol–water partition coefficient (Wildman–Crippen LogP) is 4.16. The van der Waals surface area contributed by atoms with E-state index in [1.807, 2.05) is 4.90 Å². The summed E-state index contributed by atoms with van der Waals surface area (Å²) >= 11 is 6.00. The maximum Gasteiger partial charge on any atom is 0.410 e. The molecule has 38 heavy (non-hydrogen) atoms. The SMILES string of the molecule is CC(C)(C)OC(=O)N1CCN(c2nc(OCC34CCCN3CCC4)nc3c(F)c(Cl)ncc23)C[C@@H]1CC#N. The molecule has 3 aliphatic rings. The molecule has 3 aliphatic heterocycles. The highest BCUT2D eigenvalue weighted by Crippen LogP contribution is 2.39. The molecule has 0 bridgehead atoms. The van der Waals surface area contributed by atoms with E-state index < -0.39 is 23.6 Å². The zero-order valence-electron chi connectivity index (χ0n) is 22.0. The summed E-state index contributed by atoms with van der Waals surface area (Å²) in [5.41, 5.74) is -0.649. The molecule has 5 rings (SSSR count). The Kier molecular flexibility index (Phi) is 7.22. The van der Waals surface area contributed by atoms with Gasteiger partial charge < -0.3 is 19.3 Å². The number of amides is 1. The molecule has 10 nitrogen and oxygen atoms in total. The number of halogens is 2. The quantitative estimate of drug-likeness (QED) is 0.511. The summed E-state index contributed by atoms with van der Waals surface area (Å²) in [6, 6.07) is 1.81. The van der Waals surface area contributed by atoms with Gasteiger partial charge >= 0.3 is 12.1 Å². The van der Waals surface area contributed by atoms with E-state index in [0.29, 0.717) is 37.4 Å². The van der Waals surface area contributed by atoms with Gasteiger partial charge in [-0.3, -0.25) is 4.90 Å². The molecule has 12 heteroatoms. The summed E-state index contributed by atoms with van der Waals surface area (Å²) < 4.78 is 26.8. The van der Waals surface area contributed by atoms with E-state index in [4.69, 9.17) is 26.1 Å². The van der Waals surface area contributed by atoms with Crippen molar-refractivity contribution in [2.45, 2.75) is 70.1 Å². The molecule has 3 saturated heterocycles. The summed E-state index contributed by atoms with van der Waals surface area (Å²) in [6.45, 7) is 8.98. The van der Waals surface area contributed by atoms with Crippen LogP contribution in [0.3, 0.4) is 0 Å². The van der Waals surface area contributed by atoms with Crippen molar-refractivity contribution in [3.8, 4) is 12.1 Å². The second-order valence-corrected chi connectivity index (χ2v) is 11.7. The van der Waals surface area contributed by atoms with Gasteiger partial charge in [-0.2, -0.15) is 15.2 Å². The second kappa shape index (κ2) is 10.3. The van der Waals surface area contributed by atoms with E-state index in [1.165, 1.54) is 6.20 Å². The first kappa shape index (κ1) is 26.6. The van der Waals surface area contributed by atoms with Crippen LogP contribution in [-0.2, 0) is 4.74 Å². The van der Waals surface area contributed by atoms with Crippen molar-refractivity contribution in [3.63, 3.8) is 0 Å². The fraction of sp³-hybridized carbons (Fsp3) is 0.654. The Hall–Kier alpha value is -2.97. The van der Waals surface area contributed by atoms with Crippen LogP contribution in [-0.4, -0.2) is 87.4 Å². The van der Waals surface area contributed by atoms with E-state index >= 15 is 4.39 Å². The number of hydrogen-bond donors (Lipinski definition) is 0. The number of fused-ring (bicyclic) bond motifs is 2. The number of anilines is 1. The van der Waals surface area contributed by atoms with Crippen molar-refractivity contribution in [2.24, 2.45) is 0 Å². The Morgan fingerprint density at radius 3 is 2.66 bits per heavy atom. The highest BCUT2D eigenvalue weighted by atomic mass is 35.5. The third-order valence-electron chi connectivity index (χ3n) is 7.62. The van der Waals surface area contributed by atoms with Crippen molar-refractivity contribution < 1.29 is 18.7 Å². The van der Waals surface area contributed by atoms with Gasteiger partial charge in [0.05, 0.1) is 29.5 Å². The number of nitrogens with zero attached hydrogens (tertiary/aromatic N) is 7. The topological polar surface area (TPSA) is 108 Å². The minimum absolute atomic E-state index is 0.0240. The second-order valence-electron chi connectivity index (χ2n) is 11.3. The fourth-order valence-corrected chi connectivity index (χ4v) is 5.99. The number of carbonyl (C=O) groups excluding carboxylic acids is 1. The predicted molar refractivity (Wildman–Crippen MR) is 140 cm³/mol. The summed E-state index contributed by atoms with van der Waals surface area (Å²) in [6.07, 6.45) is 5.47. The van der Waals surface area contributed by atoms with Crippen LogP contribution in [0.4, 0.5) is 15.0 Å². The molecule has 3 fully saturated rings. The monoisotopic (exact) mass is 545 g/mol. The Balaban J connectivity index is 1.45. The fourth-order valence-electron chi connectivity index (χ4n) is 5.85. The zero-order chi connectivity index (χ0) is 27.1. The number of pyridine rings is 1. The first-order chi connectivity index (χ1) is 18.1. The minimum Gasteiger partial charge on any atom is -0.461 e. The zero-order valence-corrected chi connectivity index (χ0v) is 22.8. The number of nitriles is 1. The lowest BCUT2D eigenvalue weighted by molar-refractivity contribution is 0.0145. The van der Waals surface area contributed by atoms with Gasteiger partial charge in [0.25, 0.3) is 0 Å². The Morgan fingerprint density at radius 2 is 1.97 bits per heavy atom. The Bertz CT molecular complexity index is 1250. The molecule has 0 aromatic carbocycles. The van der Waals surface area contributed by atoms with Crippen LogP contribution >= 0.6 is 11.6 Å². The molecule has 0 N–H and O–H groups in total. The van der Waals surface area contributed by atoms with Crippen LogP contribution in [0.15, 0.2) is 6.20 Å². The average molecular weight is 546 g/mol. The molecule has 0 unspecified atom stereocenters. The normalized spacial score (nSPS) is 21.4. The number of hydrogen-bond acceptors (Lipinski definition) is 9. The van der Waals surface area contributed by atoms with Gasteiger partial charge in [0.1, 0.15) is 23.5 Å². The summed E-state index contributed by atoms with van der Waals surface area (Å²) in [5.74, 6) is -0.299. The summed E-state index contributed by atoms with van der Waals surface area (Å²) in [7, 11) is 0. The molecule has 5 heterocycles. The Morgan fingerprint density at radius 1 is 1.24 bits per heavy atom. The smallest absolute Gasteiger partial charge is 0.410 e. The Labute approximate surface area is 226 Å². The standard InChI is InChI=1S/C26H33ClFN7O3/c1-25(2,3)38-24(36)35-13-12-33(15-17(35)6-9-29)22-18-14-30-21(27)19(28)20(18)31-23(32-22)37-16-26-7-4-10-34(26)11-5-8-26/h14,17H,4-8,10-13,15-16H2,1-3H3/t17-/m0/s1. The average Bonchev–Trinajstić information content (AvgIpc) is 3.44. The lowest BCUT2D eigenvalue weighted by atomic mass is 9.95. The van der Waals surface area contributed by atoms with Crippen LogP contribution in [0.5, 0.6) is 6.01 Å². The van der Waals surface area contributed by atoms with Gasteiger partial charge in [-0.15, -0.1) is 0 Å². The van der Waals surface area contributed by atoms with Crippen molar-refractivity contribution in [2.75, 3.05) is 44.2 Å². The van der Waals surface area contributed by atoms with Gasteiger partial charge in [0.15, 0.2) is 11.0 Å². The number of aromatic nitrogens is 3. The third kappa shape index (κ3) is 5.16. The lowest BCUT2D eigenvalue weighted by Crippen LogP contribution is -2.56. The molecule has 0 radical (unpaired) electrons.